The summed E-state index contributed by atoms with van der Waals surface area (Å²) < 4.78 is 8.98. The van der Waals surface area contributed by atoms with Crippen molar-refractivity contribution in [2.75, 3.05) is 13.7 Å². The molecule has 2 rings (SSSR count). The fourth-order valence-electron chi connectivity index (χ4n) is 2.01. The van der Waals surface area contributed by atoms with Crippen molar-refractivity contribution in [3.05, 3.63) is 34.3 Å². The molecule has 0 fully saturated rings. The van der Waals surface area contributed by atoms with Crippen molar-refractivity contribution >= 4 is 29.3 Å². The molecule has 1 atom stereocenters. The molecule has 0 aliphatic heterocycles. The standard InChI is InChI=1S/C11H9ClO3.C4H8O2/c1-15-11(14)9-5-6-4-7(12)2-3-8(6)10(9)13;1-3-6-4(2)5/h2-4,9H,5H2,1H3;3H2,1-2H3. The first-order chi connectivity index (χ1) is 9.90. The highest BCUT2D eigenvalue weighted by Gasteiger charge is 2.36. The van der Waals surface area contributed by atoms with Crippen LogP contribution in [0.15, 0.2) is 18.2 Å². The third kappa shape index (κ3) is 4.56. The molecule has 0 bridgehead atoms. The van der Waals surface area contributed by atoms with Crippen LogP contribution in [0.25, 0.3) is 0 Å². The maximum atomic E-state index is 11.8. The minimum absolute atomic E-state index is 0.173. The Morgan fingerprint density at radius 2 is 2.05 bits per heavy atom. The van der Waals surface area contributed by atoms with Gasteiger partial charge in [0.1, 0.15) is 5.92 Å². The SMILES string of the molecule is CCOC(C)=O.COC(=O)C1Cc2cc(Cl)ccc2C1=O. The number of carbonyl (C=O) groups is 3. The molecule has 1 aromatic rings. The number of Topliss-reactive ketones (excluding diaryl/α,β-unsaturated/α-hetero) is 1. The molecule has 0 spiro atoms. The second-order valence-electron chi connectivity index (χ2n) is 4.37. The highest BCUT2D eigenvalue weighted by Crippen LogP contribution is 2.29. The molecule has 0 N–H and O–H groups in total. The van der Waals surface area contributed by atoms with E-state index in [9.17, 15) is 14.4 Å². The summed E-state index contributed by atoms with van der Waals surface area (Å²) in [6.07, 6.45) is 0.390. The van der Waals surface area contributed by atoms with Crippen molar-refractivity contribution in [2.45, 2.75) is 20.3 Å². The maximum Gasteiger partial charge on any atom is 0.316 e. The average Bonchev–Trinajstić information content (AvgIpc) is 2.75. The quantitative estimate of drug-likeness (QED) is 0.619. The lowest BCUT2D eigenvalue weighted by atomic mass is 10.1. The van der Waals surface area contributed by atoms with E-state index in [1.54, 1.807) is 25.1 Å². The number of methoxy groups -OCH3 is 1. The number of esters is 2. The Balaban J connectivity index is 0.000000315. The Morgan fingerprint density at radius 3 is 2.52 bits per heavy atom. The van der Waals surface area contributed by atoms with Gasteiger partial charge in [-0.25, -0.2) is 0 Å². The Kier molecular flexibility index (Phi) is 6.37. The van der Waals surface area contributed by atoms with E-state index in [4.69, 9.17) is 11.6 Å². The van der Waals surface area contributed by atoms with Crippen LogP contribution in [-0.4, -0.2) is 31.4 Å². The van der Waals surface area contributed by atoms with Gasteiger partial charge in [0, 0.05) is 17.5 Å². The number of carbonyl (C=O) groups excluding carboxylic acids is 3. The van der Waals surface area contributed by atoms with Gasteiger partial charge in [-0.05, 0) is 37.1 Å². The van der Waals surface area contributed by atoms with Crippen LogP contribution in [0.4, 0.5) is 0 Å². The predicted molar refractivity (Wildman–Crippen MR) is 77.3 cm³/mol. The van der Waals surface area contributed by atoms with E-state index in [1.807, 2.05) is 0 Å². The molecule has 21 heavy (non-hydrogen) atoms. The number of ketones is 1. The van der Waals surface area contributed by atoms with Gasteiger partial charge in [0.2, 0.25) is 0 Å². The minimum Gasteiger partial charge on any atom is -0.468 e. The van der Waals surface area contributed by atoms with Crippen molar-refractivity contribution in [3.63, 3.8) is 0 Å². The van der Waals surface area contributed by atoms with E-state index in [2.05, 4.69) is 9.47 Å². The van der Waals surface area contributed by atoms with E-state index in [-0.39, 0.29) is 11.8 Å². The number of hydrogen-bond donors (Lipinski definition) is 0. The summed E-state index contributed by atoms with van der Waals surface area (Å²) in [7, 11) is 1.28. The number of rotatable bonds is 2. The van der Waals surface area contributed by atoms with Crippen molar-refractivity contribution in [3.8, 4) is 0 Å². The van der Waals surface area contributed by atoms with Crippen molar-refractivity contribution in [1.29, 1.82) is 0 Å². The van der Waals surface area contributed by atoms with E-state index in [0.717, 1.165) is 5.56 Å². The van der Waals surface area contributed by atoms with Crippen molar-refractivity contribution in [2.24, 2.45) is 5.92 Å². The number of halogens is 1. The van der Waals surface area contributed by atoms with E-state index in [0.29, 0.717) is 23.6 Å². The molecule has 1 unspecified atom stereocenters. The van der Waals surface area contributed by atoms with Crippen molar-refractivity contribution < 1.29 is 23.9 Å². The summed E-state index contributed by atoms with van der Waals surface area (Å²) in [4.78, 5) is 32.9. The summed E-state index contributed by atoms with van der Waals surface area (Å²) in [5, 5.41) is 0.576. The summed E-state index contributed by atoms with van der Waals surface area (Å²) in [6.45, 7) is 3.65. The van der Waals surface area contributed by atoms with Crippen LogP contribution in [0.3, 0.4) is 0 Å². The predicted octanol–water partition coefficient (Wildman–Crippen LogP) is 2.44. The zero-order chi connectivity index (χ0) is 16.0. The first kappa shape index (κ1) is 17.2. The molecular weight excluding hydrogens is 296 g/mol. The highest BCUT2D eigenvalue weighted by atomic mass is 35.5. The molecule has 114 valence electrons. The van der Waals surface area contributed by atoms with Crippen LogP contribution in [0.5, 0.6) is 0 Å². The molecule has 0 aromatic heterocycles. The Labute approximate surface area is 128 Å². The van der Waals surface area contributed by atoms with Crippen molar-refractivity contribution in [1.82, 2.24) is 0 Å². The van der Waals surface area contributed by atoms with E-state index in [1.165, 1.54) is 14.0 Å². The van der Waals surface area contributed by atoms with Crippen LogP contribution >= 0.6 is 11.6 Å². The third-order valence-electron chi connectivity index (χ3n) is 2.91. The van der Waals surface area contributed by atoms with E-state index >= 15 is 0 Å². The second-order valence-corrected chi connectivity index (χ2v) is 4.81. The lowest BCUT2D eigenvalue weighted by Gasteiger charge is -2.03. The zero-order valence-corrected chi connectivity index (χ0v) is 12.9. The number of fused-ring (bicyclic) bond motifs is 1. The van der Waals surface area contributed by atoms with Gasteiger partial charge in [0.05, 0.1) is 13.7 Å². The van der Waals surface area contributed by atoms with Gasteiger partial charge in [-0.2, -0.15) is 0 Å². The first-order valence-corrected chi connectivity index (χ1v) is 6.82. The topological polar surface area (TPSA) is 69.7 Å². The summed E-state index contributed by atoms with van der Waals surface area (Å²) in [6, 6.07) is 5.03. The maximum absolute atomic E-state index is 11.8. The minimum atomic E-state index is -0.691. The van der Waals surface area contributed by atoms with Crippen LogP contribution in [0.1, 0.15) is 29.8 Å². The zero-order valence-electron chi connectivity index (χ0n) is 12.1. The molecule has 1 aliphatic rings. The lowest BCUT2D eigenvalue weighted by molar-refractivity contribution is -0.143. The van der Waals surface area contributed by atoms with Gasteiger partial charge in [-0.3, -0.25) is 14.4 Å². The molecular formula is C15H17ClO5. The average molecular weight is 313 g/mol. The monoisotopic (exact) mass is 312 g/mol. The lowest BCUT2D eigenvalue weighted by Crippen LogP contribution is -2.21. The first-order valence-electron chi connectivity index (χ1n) is 6.44. The van der Waals surface area contributed by atoms with Gasteiger partial charge < -0.3 is 9.47 Å². The summed E-state index contributed by atoms with van der Waals surface area (Å²) in [5.41, 5.74) is 1.40. The van der Waals surface area contributed by atoms with Crippen LogP contribution in [0.2, 0.25) is 5.02 Å². The van der Waals surface area contributed by atoms with Crippen LogP contribution in [0, 0.1) is 5.92 Å². The fourth-order valence-corrected chi connectivity index (χ4v) is 2.20. The Morgan fingerprint density at radius 1 is 1.38 bits per heavy atom. The van der Waals surface area contributed by atoms with Gasteiger partial charge in [0.25, 0.3) is 0 Å². The summed E-state index contributed by atoms with van der Waals surface area (Å²) >= 11 is 5.80. The van der Waals surface area contributed by atoms with Gasteiger partial charge >= 0.3 is 11.9 Å². The van der Waals surface area contributed by atoms with Gasteiger partial charge in [0.15, 0.2) is 5.78 Å². The fraction of sp³-hybridized carbons (Fsp3) is 0.400. The largest absolute Gasteiger partial charge is 0.468 e. The van der Waals surface area contributed by atoms with Crippen LogP contribution < -0.4 is 0 Å². The second kappa shape index (κ2) is 7.78. The van der Waals surface area contributed by atoms with Crippen LogP contribution in [-0.2, 0) is 25.5 Å². The molecule has 6 heteroatoms. The molecule has 0 saturated heterocycles. The number of ether oxygens (including phenoxy) is 2. The molecule has 1 aromatic carbocycles. The molecule has 0 saturated carbocycles. The Hall–Kier alpha value is -1.88. The van der Waals surface area contributed by atoms with E-state index < -0.39 is 11.9 Å². The Bertz CT molecular complexity index is 553. The highest BCUT2D eigenvalue weighted by molar-refractivity contribution is 6.31. The van der Waals surface area contributed by atoms with Gasteiger partial charge in [-0.1, -0.05) is 11.6 Å². The molecule has 1 aliphatic carbocycles. The molecule has 5 nitrogen and oxygen atoms in total. The smallest absolute Gasteiger partial charge is 0.316 e. The number of hydrogen-bond acceptors (Lipinski definition) is 5. The molecule has 0 amide bonds. The normalized spacial score (nSPS) is 15.6. The molecule has 0 radical (unpaired) electrons. The third-order valence-corrected chi connectivity index (χ3v) is 3.14. The number of benzene rings is 1. The van der Waals surface area contributed by atoms with Gasteiger partial charge in [-0.15, -0.1) is 0 Å². The molecule has 0 heterocycles. The summed E-state index contributed by atoms with van der Waals surface area (Å²) in [5.74, 6) is -1.55.